The minimum absolute atomic E-state index is 0.111. The van der Waals surface area contributed by atoms with Crippen LogP contribution in [0, 0.1) is 0 Å². The van der Waals surface area contributed by atoms with Gasteiger partial charge in [-0.1, -0.05) is 116 Å². The van der Waals surface area contributed by atoms with Gasteiger partial charge in [-0.15, -0.1) is 0 Å². The quantitative estimate of drug-likeness (QED) is 0.0257. The molecular weight excluding hydrogens is 825 g/mol. The van der Waals surface area contributed by atoms with Crippen molar-refractivity contribution < 1.29 is 14.3 Å². The second-order valence-corrected chi connectivity index (χ2v) is 25.5. The minimum atomic E-state index is -2.24. The Labute approximate surface area is 304 Å². The van der Waals surface area contributed by atoms with Gasteiger partial charge in [0.2, 0.25) is 0 Å². The minimum Gasteiger partial charge on any atom is -0.294 e. The Hall–Kier alpha value is -2.39. The summed E-state index contributed by atoms with van der Waals surface area (Å²) in [4.78, 5) is 24.6. The number of unbranched alkanes of at least 4 members (excludes halogenated alkanes) is 3. The molecule has 0 spiro atoms. The van der Waals surface area contributed by atoms with Crippen LogP contribution in [0.15, 0.2) is 111 Å². The molecular formula is C38H53Br2N3O3Sn. The Balaban J connectivity index is 0.000000632. The Morgan fingerprint density at radius 3 is 1.47 bits per heavy atom. The molecule has 3 rings (SSSR count). The van der Waals surface area contributed by atoms with E-state index in [2.05, 4.69) is 76.2 Å². The Morgan fingerprint density at radius 1 is 0.745 bits per heavy atom. The van der Waals surface area contributed by atoms with E-state index in [1.807, 2.05) is 66.7 Å². The molecule has 0 saturated heterocycles. The molecule has 0 aliphatic rings. The molecule has 0 heterocycles. The third-order valence-electron chi connectivity index (χ3n) is 7.26. The van der Waals surface area contributed by atoms with Crippen LogP contribution in [0.4, 0.5) is 0 Å². The normalized spacial score (nSPS) is 9.91. The third-order valence-corrected chi connectivity index (χ3v) is 23.3. The molecule has 0 bridgehead atoms. The van der Waals surface area contributed by atoms with Crippen molar-refractivity contribution in [2.75, 3.05) is 18.5 Å². The van der Waals surface area contributed by atoms with Crippen LogP contribution in [-0.2, 0) is 4.74 Å². The molecule has 0 unspecified atom stereocenters. The van der Waals surface area contributed by atoms with Crippen molar-refractivity contribution in [1.82, 2.24) is 0 Å². The van der Waals surface area contributed by atoms with Crippen LogP contribution in [0.5, 0.6) is 0 Å². The van der Waals surface area contributed by atoms with Gasteiger partial charge in [0.25, 0.3) is 0 Å². The number of halogens is 2. The second-order valence-electron chi connectivity index (χ2n) is 10.8. The maximum atomic E-state index is 11.1. The molecule has 0 amide bonds. The Kier molecular flexibility index (Phi) is 28.2. The largest absolute Gasteiger partial charge is 0.294 e. The number of benzene rings is 3. The SMILES string of the molecule is Brc1ccccc1.C=[C](OCC)[Sn]([CH2]CCC)([CH2]CCC)[CH2]CCC.O=C(CBr)c1ccccc1.[N-]=[N+]=NCC(=O)c1ccccc1. The number of Topliss-reactive ketones (excluding diaryl/α,β-unsaturated/α-hetero) is 2. The van der Waals surface area contributed by atoms with Gasteiger partial charge in [0, 0.05) is 20.5 Å². The van der Waals surface area contributed by atoms with Gasteiger partial charge in [0.1, 0.15) is 0 Å². The van der Waals surface area contributed by atoms with E-state index in [4.69, 9.17) is 10.3 Å². The topological polar surface area (TPSA) is 92.1 Å². The molecule has 0 radical (unpaired) electrons. The average Bonchev–Trinajstić information content (AvgIpc) is 3.12. The van der Waals surface area contributed by atoms with Gasteiger partial charge < -0.3 is 0 Å². The van der Waals surface area contributed by atoms with Crippen molar-refractivity contribution in [2.24, 2.45) is 5.11 Å². The maximum absolute atomic E-state index is 11.1. The molecule has 0 N–H and O–H groups in total. The summed E-state index contributed by atoms with van der Waals surface area (Å²) in [5.74, 6) is -0.0333. The summed E-state index contributed by atoms with van der Waals surface area (Å²) in [5.41, 5.74) is 9.31. The number of alkyl halides is 1. The number of carbonyl (C=O) groups is 2. The standard InChI is InChI=1S/C8H7BrO.C8H7N3O.C6H5Br.C4H7O.3C4H9.Sn/c9-6-8(10)7-4-2-1-3-5-7;9-11-10-6-8(12)7-4-2-1-3-5-7;7-6-4-2-1-3-5-6;1-3-5-4-2;3*1-3-4-2;/h1-5H,6H2;1-5H,6H2;1-5H;1,4H2,2H3;3*1,3-4H2,2H3;. The van der Waals surface area contributed by atoms with Crippen LogP contribution in [0.2, 0.25) is 13.3 Å². The summed E-state index contributed by atoms with van der Waals surface area (Å²) in [6, 6.07) is 27.9. The predicted octanol–water partition coefficient (Wildman–Crippen LogP) is 12.8. The summed E-state index contributed by atoms with van der Waals surface area (Å²) in [6.45, 7) is 14.1. The number of azide groups is 1. The van der Waals surface area contributed by atoms with Gasteiger partial charge >= 0.3 is 120 Å². The van der Waals surface area contributed by atoms with Crippen molar-refractivity contribution in [3.05, 3.63) is 127 Å². The van der Waals surface area contributed by atoms with Crippen LogP contribution in [-0.4, -0.2) is 48.4 Å². The number of carbonyl (C=O) groups excluding carboxylic acids is 2. The fraction of sp³-hybridized carbons (Fsp3) is 0.421. The molecule has 0 aliphatic heterocycles. The average molecular weight is 878 g/mol. The monoisotopic (exact) mass is 877 g/mol. The van der Waals surface area contributed by atoms with Crippen molar-refractivity contribution >= 4 is 61.8 Å². The first kappa shape index (κ1) is 44.6. The zero-order valence-electron chi connectivity index (χ0n) is 28.7. The van der Waals surface area contributed by atoms with Crippen LogP contribution in [0.25, 0.3) is 10.4 Å². The molecule has 9 heteroatoms. The van der Waals surface area contributed by atoms with E-state index in [0.29, 0.717) is 10.9 Å². The zero-order chi connectivity index (χ0) is 35.2. The van der Waals surface area contributed by atoms with E-state index in [1.54, 1.807) is 24.3 Å². The Bertz CT molecular complexity index is 1270. The Morgan fingerprint density at radius 2 is 1.15 bits per heavy atom. The van der Waals surface area contributed by atoms with Gasteiger partial charge in [-0.05, 0) is 17.7 Å². The van der Waals surface area contributed by atoms with E-state index in [1.165, 1.54) is 55.6 Å². The van der Waals surface area contributed by atoms with Crippen LogP contribution in [0.1, 0.15) is 86.9 Å². The first-order valence-corrected chi connectivity index (χ1v) is 25.9. The molecule has 0 fully saturated rings. The molecule has 0 aromatic heterocycles. The fourth-order valence-electron chi connectivity index (χ4n) is 4.59. The summed E-state index contributed by atoms with van der Waals surface area (Å²) in [6.07, 6.45) is 8.10. The van der Waals surface area contributed by atoms with Gasteiger partial charge in [0.15, 0.2) is 11.6 Å². The summed E-state index contributed by atoms with van der Waals surface area (Å²) in [7, 11) is 0. The number of hydrogen-bond acceptors (Lipinski definition) is 4. The van der Waals surface area contributed by atoms with Crippen LogP contribution >= 0.6 is 31.9 Å². The molecule has 0 aliphatic carbocycles. The van der Waals surface area contributed by atoms with E-state index in [9.17, 15) is 9.59 Å². The van der Waals surface area contributed by atoms with Gasteiger partial charge in [-0.3, -0.25) is 9.59 Å². The van der Waals surface area contributed by atoms with Crippen LogP contribution in [0.3, 0.4) is 0 Å². The summed E-state index contributed by atoms with van der Waals surface area (Å²) in [5, 5.41) is 3.58. The molecule has 3 aromatic rings. The number of nitrogens with zero attached hydrogens (tertiary/aromatic N) is 3. The third kappa shape index (κ3) is 21.2. The smallest absolute Gasteiger partial charge is 0.173 e. The van der Waals surface area contributed by atoms with Crippen LogP contribution < -0.4 is 0 Å². The zero-order valence-corrected chi connectivity index (χ0v) is 34.7. The first-order chi connectivity index (χ1) is 22.7. The first-order valence-electron chi connectivity index (χ1n) is 16.5. The van der Waals surface area contributed by atoms with E-state index >= 15 is 0 Å². The molecule has 256 valence electrons. The van der Waals surface area contributed by atoms with Gasteiger partial charge in [0.05, 0.1) is 11.9 Å². The number of hydrogen-bond donors (Lipinski definition) is 0. The number of ketones is 2. The molecule has 0 saturated carbocycles. The van der Waals surface area contributed by atoms with Gasteiger partial charge in [-0.2, -0.15) is 0 Å². The number of rotatable bonds is 17. The molecule has 0 atom stereocenters. The van der Waals surface area contributed by atoms with E-state index in [0.717, 1.165) is 16.6 Å². The van der Waals surface area contributed by atoms with Crippen molar-refractivity contribution in [3.63, 3.8) is 0 Å². The maximum Gasteiger partial charge on any atom is 0.173 e. The summed E-state index contributed by atoms with van der Waals surface area (Å²) < 4.78 is 12.7. The fourth-order valence-corrected chi connectivity index (χ4v) is 19.9. The molecule has 6 nitrogen and oxygen atoms in total. The van der Waals surface area contributed by atoms with Crippen molar-refractivity contribution in [3.8, 4) is 0 Å². The molecule has 47 heavy (non-hydrogen) atoms. The van der Waals surface area contributed by atoms with Gasteiger partial charge in [-0.25, -0.2) is 0 Å². The summed E-state index contributed by atoms with van der Waals surface area (Å²) >= 11 is 4.17. The number of ether oxygens (including phenoxy) is 1. The predicted molar refractivity (Wildman–Crippen MR) is 209 cm³/mol. The van der Waals surface area contributed by atoms with Crippen molar-refractivity contribution in [2.45, 2.75) is 79.5 Å². The van der Waals surface area contributed by atoms with E-state index in [-0.39, 0.29) is 18.1 Å². The molecule has 3 aromatic carbocycles. The van der Waals surface area contributed by atoms with Crippen molar-refractivity contribution in [1.29, 1.82) is 0 Å². The second kappa shape index (κ2) is 29.7. The van der Waals surface area contributed by atoms with E-state index < -0.39 is 18.4 Å².